The van der Waals surface area contributed by atoms with Gasteiger partial charge >= 0.3 is 5.97 Å². The highest BCUT2D eigenvalue weighted by molar-refractivity contribution is 14.1. The molecule has 0 saturated carbocycles. The lowest BCUT2D eigenvalue weighted by atomic mass is 9.91. The van der Waals surface area contributed by atoms with E-state index < -0.39 is 12.0 Å². The molecule has 1 atom stereocenters. The van der Waals surface area contributed by atoms with Gasteiger partial charge in [-0.05, 0) is 94.3 Å². The van der Waals surface area contributed by atoms with Gasteiger partial charge in [0.15, 0.2) is 4.80 Å². The van der Waals surface area contributed by atoms with E-state index in [1.807, 2.05) is 67.6 Å². The van der Waals surface area contributed by atoms with Crippen molar-refractivity contribution in [2.45, 2.75) is 39.7 Å². The highest BCUT2D eigenvalue weighted by atomic mass is 127. The minimum Gasteiger partial charge on any atom is -0.492 e. The lowest BCUT2D eigenvalue weighted by Gasteiger charge is -2.26. The average Bonchev–Trinajstić information content (AvgIpc) is 3.28. The number of hydrogen-bond donors (Lipinski definition) is 0. The van der Waals surface area contributed by atoms with Crippen molar-refractivity contribution in [2.75, 3.05) is 13.2 Å². The minimum absolute atomic E-state index is 0.208. The molecule has 0 radical (unpaired) electrons. The van der Waals surface area contributed by atoms with Crippen LogP contribution in [0.15, 0.2) is 82.1 Å². The molecule has 9 heteroatoms. The third-order valence-electron chi connectivity index (χ3n) is 6.90. The first-order valence-corrected chi connectivity index (χ1v) is 16.7. The number of carbonyl (C=O) groups is 1. The standard InChI is InChI=1S/C33H30I2N2O4S/c1-5-40-30-23(16-24(34)18-25(30)35)17-26-31(38)37-29(22-14-12-20(13-15-22)19(3)4)27(32(39)41-6-2)28(36-33(37)42-26)21-10-8-7-9-11-21/h7-19,29H,5-6H2,1-4H3/b26-17-/t29-/m1/s1. The predicted molar refractivity (Wildman–Crippen MR) is 185 cm³/mol. The first-order chi connectivity index (χ1) is 20.2. The van der Waals surface area contributed by atoms with E-state index in [9.17, 15) is 9.59 Å². The normalized spacial score (nSPS) is 15.0. The Morgan fingerprint density at radius 3 is 2.40 bits per heavy atom. The van der Waals surface area contributed by atoms with E-state index in [1.165, 1.54) is 16.9 Å². The van der Waals surface area contributed by atoms with Crippen LogP contribution in [0, 0.1) is 7.14 Å². The van der Waals surface area contributed by atoms with Crippen LogP contribution >= 0.6 is 56.5 Å². The Hall–Kier alpha value is -2.77. The van der Waals surface area contributed by atoms with Crippen molar-refractivity contribution < 1.29 is 14.3 Å². The number of carbonyl (C=O) groups excluding carboxylic acids is 1. The zero-order chi connectivity index (χ0) is 30.0. The van der Waals surface area contributed by atoms with Gasteiger partial charge in [-0.25, -0.2) is 9.79 Å². The fourth-order valence-corrected chi connectivity index (χ4v) is 7.98. The minimum atomic E-state index is -0.707. The Balaban J connectivity index is 1.83. The molecule has 6 nitrogen and oxygen atoms in total. The van der Waals surface area contributed by atoms with E-state index >= 15 is 0 Å². The molecule has 4 aromatic rings. The summed E-state index contributed by atoms with van der Waals surface area (Å²) in [6.07, 6.45) is 1.87. The summed E-state index contributed by atoms with van der Waals surface area (Å²) in [5.41, 5.74) is 4.24. The number of thiazole rings is 1. The molecule has 1 aromatic heterocycles. The van der Waals surface area contributed by atoms with Gasteiger partial charge in [-0.15, -0.1) is 0 Å². The summed E-state index contributed by atoms with van der Waals surface area (Å²) in [7, 11) is 0. The van der Waals surface area contributed by atoms with E-state index in [-0.39, 0.29) is 12.2 Å². The summed E-state index contributed by atoms with van der Waals surface area (Å²) in [5.74, 6) is 0.595. The first kappa shape index (κ1) is 30.7. The maximum atomic E-state index is 14.2. The predicted octanol–water partition coefficient (Wildman–Crippen LogP) is 6.67. The third-order valence-corrected chi connectivity index (χ3v) is 9.31. The molecule has 0 N–H and O–H groups in total. The second-order valence-electron chi connectivity index (χ2n) is 9.99. The van der Waals surface area contributed by atoms with Crippen LogP contribution < -0.4 is 19.6 Å². The molecule has 216 valence electrons. The zero-order valence-corrected chi connectivity index (χ0v) is 28.8. The number of ether oxygens (including phenoxy) is 2. The summed E-state index contributed by atoms with van der Waals surface area (Å²) in [4.78, 5) is 33.4. The largest absolute Gasteiger partial charge is 0.492 e. The Morgan fingerprint density at radius 1 is 1.05 bits per heavy atom. The Labute approximate surface area is 276 Å². The Kier molecular flexibility index (Phi) is 9.68. The van der Waals surface area contributed by atoms with Gasteiger partial charge in [0.1, 0.15) is 5.75 Å². The lowest BCUT2D eigenvalue weighted by molar-refractivity contribution is -0.138. The molecule has 1 aliphatic rings. The third kappa shape index (κ3) is 6.14. The molecule has 1 aliphatic heterocycles. The second kappa shape index (κ2) is 13.3. The fourth-order valence-electron chi connectivity index (χ4n) is 4.94. The van der Waals surface area contributed by atoms with Crippen LogP contribution in [0.1, 0.15) is 61.9 Å². The monoisotopic (exact) mass is 804 g/mol. The molecule has 0 bridgehead atoms. The van der Waals surface area contributed by atoms with Gasteiger partial charge < -0.3 is 9.47 Å². The SMILES string of the molecule is CCOC(=O)C1=C(c2ccccc2)N=c2s/c(=C\c3cc(I)cc(I)c3OCC)c(=O)n2[C@@H]1c1ccc(C(C)C)cc1. The van der Waals surface area contributed by atoms with Crippen LogP contribution in [0.25, 0.3) is 11.8 Å². The maximum Gasteiger partial charge on any atom is 0.338 e. The van der Waals surface area contributed by atoms with Crippen LogP contribution in [-0.2, 0) is 9.53 Å². The zero-order valence-electron chi connectivity index (χ0n) is 23.7. The second-order valence-corrected chi connectivity index (χ2v) is 13.4. The van der Waals surface area contributed by atoms with E-state index in [0.29, 0.717) is 33.1 Å². The van der Waals surface area contributed by atoms with Crippen LogP contribution in [0.4, 0.5) is 0 Å². The molecule has 0 spiro atoms. The smallest absolute Gasteiger partial charge is 0.338 e. The number of hydrogen-bond acceptors (Lipinski definition) is 6. The van der Waals surface area contributed by atoms with E-state index in [0.717, 1.165) is 29.6 Å². The van der Waals surface area contributed by atoms with Crippen molar-refractivity contribution >= 4 is 74.3 Å². The van der Waals surface area contributed by atoms with Gasteiger partial charge in [0.2, 0.25) is 0 Å². The molecular formula is C33H30I2N2O4S. The summed E-state index contributed by atoms with van der Waals surface area (Å²) < 4.78 is 15.7. The van der Waals surface area contributed by atoms with Crippen LogP contribution in [-0.4, -0.2) is 23.8 Å². The van der Waals surface area contributed by atoms with Crippen LogP contribution in [0.3, 0.4) is 0 Å². The summed E-state index contributed by atoms with van der Waals surface area (Å²) in [6, 6.07) is 21.1. The summed E-state index contributed by atoms with van der Waals surface area (Å²) >= 11 is 5.84. The van der Waals surface area contributed by atoms with E-state index in [1.54, 1.807) is 11.5 Å². The highest BCUT2D eigenvalue weighted by Crippen LogP contribution is 2.36. The number of nitrogens with zero attached hydrogens (tertiary/aromatic N) is 2. The van der Waals surface area contributed by atoms with E-state index in [2.05, 4.69) is 71.2 Å². The van der Waals surface area contributed by atoms with Crippen molar-refractivity contribution in [3.05, 3.63) is 121 Å². The van der Waals surface area contributed by atoms with Crippen LogP contribution in [0.5, 0.6) is 5.75 Å². The molecule has 42 heavy (non-hydrogen) atoms. The van der Waals surface area contributed by atoms with E-state index in [4.69, 9.17) is 14.5 Å². The highest BCUT2D eigenvalue weighted by Gasteiger charge is 2.35. The van der Waals surface area contributed by atoms with Gasteiger partial charge in [0.05, 0.1) is 38.6 Å². The first-order valence-electron chi connectivity index (χ1n) is 13.7. The molecule has 5 rings (SSSR count). The number of benzene rings is 3. The molecule has 0 unspecified atom stereocenters. The Bertz CT molecular complexity index is 1840. The van der Waals surface area contributed by atoms with Gasteiger partial charge in [-0.2, -0.15) is 0 Å². The Morgan fingerprint density at radius 2 is 1.76 bits per heavy atom. The van der Waals surface area contributed by atoms with Crippen molar-refractivity contribution in [3.63, 3.8) is 0 Å². The lowest BCUT2D eigenvalue weighted by Crippen LogP contribution is -2.40. The van der Waals surface area contributed by atoms with Crippen molar-refractivity contribution in [1.82, 2.24) is 4.57 Å². The summed E-state index contributed by atoms with van der Waals surface area (Å²) in [5, 5.41) is 0. The van der Waals surface area contributed by atoms with Gasteiger partial charge in [-0.3, -0.25) is 9.36 Å². The molecule has 3 aromatic carbocycles. The fraction of sp³-hybridized carbons (Fsp3) is 0.242. The average molecular weight is 804 g/mol. The number of fused-ring (bicyclic) bond motifs is 1. The number of rotatable bonds is 8. The van der Waals surface area contributed by atoms with Crippen LogP contribution in [0.2, 0.25) is 0 Å². The van der Waals surface area contributed by atoms with Gasteiger partial charge in [0.25, 0.3) is 5.56 Å². The van der Waals surface area contributed by atoms with Crippen molar-refractivity contribution in [3.8, 4) is 5.75 Å². The number of halogens is 2. The van der Waals surface area contributed by atoms with Crippen molar-refractivity contribution in [2.24, 2.45) is 4.99 Å². The maximum absolute atomic E-state index is 14.2. The van der Waals surface area contributed by atoms with Crippen molar-refractivity contribution in [1.29, 1.82) is 0 Å². The molecule has 0 aliphatic carbocycles. The molecule has 0 fully saturated rings. The molecule has 0 amide bonds. The summed E-state index contributed by atoms with van der Waals surface area (Å²) in [6.45, 7) is 8.71. The molecule has 2 heterocycles. The number of esters is 1. The molecular weight excluding hydrogens is 774 g/mol. The molecule has 0 saturated heterocycles. The topological polar surface area (TPSA) is 69.9 Å². The quantitative estimate of drug-likeness (QED) is 0.148. The number of aromatic nitrogens is 1. The van der Waals surface area contributed by atoms with Gasteiger partial charge in [0, 0.05) is 14.7 Å². The van der Waals surface area contributed by atoms with Gasteiger partial charge in [-0.1, -0.05) is 79.8 Å².